The summed E-state index contributed by atoms with van der Waals surface area (Å²) in [6, 6.07) is 13.7. The number of carboxylic acids is 1. The molecule has 2 rings (SSSR count). The molecule has 0 unspecified atom stereocenters. The van der Waals surface area contributed by atoms with Gasteiger partial charge in [-0.3, -0.25) is 0 Å². The van der Waals surface area contributed by atoms with Crippen molar-refractivity contribution in [3.05, 3.63) is 70.2 Å². The lowest BCUT2D eigenvalue weighted by molar-refractivity contribution is 0.0697. The Morgan fingerprint density at radius 2 is 1.74 bits per heavy atom. The molecule has 0 atom stereocenters. The van der Waals surface area contributed by atoms with E-state index in [4.69, 9.17) is 16.7 Å². The number of halogens is 1. The molecule has 0 fully saturated rings. The van der Waals surface area contributed by atoms with Crippen LogP contribution in [0.25, 0.3) is 0 Å². The SMILES string of the molecule is CN(C)CCN(Cc1cccc(Cl)c1)C(=O)NCc1ccc(C(=O)O)cc1. The minimum absolute atomic E-state index is 0.181. The van der Waals surface area contributed by atoms with Crippen molar-refractivity contribution < 1.29 is 14.7 Å². The Bertz CT molecular complexity index is 778. The summed E-state index contributed by atoms with van der Waals surface area (Å²) >= 11 is 6.04. The van der Waals surface area contributed by atoms with Crippen LogP contribution in [0.4, 0.5) is 4.79 Å². The van der Waals surface area contributed by atoms with Crippen molar-refractivity contribution in [2.24, 2.45) is 0 Å². The van der Waals surface area contributed by atoms with Crippen LogP contribution in [-0.4, -0.2) is 54.1 Å². The second kappa shape index (κ2) is 9.94. The van der Waals surface area contributed by atoms with Gasteiger partial charge in [0, 0.05) is 31.2 Å². The number of hydrogen-bond donors (Lipinski definition) is 2. The predicted molar refractivity (Wildman–Crippen MR) is 106 cm³/mol. The van der Waals surface area contributed by atoms with E-state index in [0.717, 1.165) is 17.7 Å². The second-order valence-corrected chi connectivity index (χ2v) is 6.95. The van der Waals surface area contributed by atoms with Crippen LogP contribution in [0.1, 0.15) is 21.5 Å². The lowest BCUT2D eigenvalue weighted by atomic mass is 10.1. The van der Waals surface area contributed by atoms with Crippen LogP contribution >= 0.6 is 11.6 Å². The lowest BCUT2D eigenvalue weighted by Gasteiger charge is -2.25. The molecule has 2 aromatic rings. The first kappa shape index (κ1) is 20.7. The molecule has 0 heterocycles. The zero-order valence-electron chi connectivity index (χ0n) is 15.5. The van der Waals surface area contributed by atoms with E-state index >= 15 is 0 Å². The highest BCUT2D eigenvalue weighted by Crippen LogP contribution is 2.13. The molecule has 2 amide bonds. The largest absolute Gasteiger partial charge is 0.478 e. The van der Waals surface area contributed by atoms with Gasteiger partial charge in [0.15, 0.2) is 0 Å². The second-order valence-electron chi connectivity index (χ2n) is 6.52. The molecule has 0 aromatic heterocycles. The van der Waals surface area contributed by atoms with E-state index in [1.165, 1.54) is 12.1 Å². The predicted octanol–water partition coefficient (Wildman–Crippen LogP) is 3.31. The Morgan fingerprint density at radius 3 is 2.33 bits per heavy atom. The van der Waals surface area contributed by atoms with E-state index in [1.54, 1.807) is 23.1 Å². The Labute approximate surface area is 164 Å². The van der Waals surface area contributed by atoms with Crippen LogP contribution in [-0.2, 0) is 13.1 Å². The van der Waals surface area contributed by atoms with Crippen LogP contribution in [0, 0.1) is 0 Å². The van der Waals surface area contributed by atoms with Crippen LogP contribution < -0.4 is 5.32 Å². The summed E-state index contributed by atoms with van der Waals surface area (Å²) in [6.45, 7) is 2.09. The van der Waals surface area contributed by atoms with E-state index < -0.39 is 5.97 Å². The van der Waals surface area contributed by atoms with Crippen LogP contribution in [0.5, 0.6) is 0 Å². The Hall–Kier alpha value is -2.57. The Balaban J connectivity index is 2.00. The lowest BCUT2D eigenvalue weighted by Crippen LogP contribution is -2.42. The van der Waals surface area contributed by atoms with Gasteiger partial charge in [-0.05, 0) is 49.5 Å². The molecular weight excluding hydrogens is 366 g/mol. The van der Waals surface area contributed by atoms with Crippen LogP contribution in [0.2, 0.25) is 5.02 Å². The fraction of sp³-hybridized carbons (Fsp3) is 0.300. The number of carboxylic acid groups (broad SMARTS) is 1. The standard InChI is InChI=1S/C20H24ClN3O3/c1-23(2)10-11-24(14-16-4-3-5-18(21)12-16)20(27)22-13-15-6-8-17(9-7-15)19(25)26/h3-9,12H,10-11,13-14H2,1-2H3,(H,22,27)(H,25,26). The number of likely N-dealkylation sites (N-methyl/N-ethyl adjacent to an activating group) is 1. The Morgan fingerprint density at radius 1 is 1.04 bits per heavy atom. The van der Waals surface area contributed by atoms with Crippen molar-refractivity contribution in [1.82, 2.24) is 15.1 Å². The molecule has 0 radical (unpaired) electrons. The first-order valence-corrected chi connectivity index (χ1v) is 8.97. The number of nitrogens with zero attached hydrogens (tertiary/aromatic N) is 2. The molecule has 0 aliphatic rings. The highest BCUT2D eigenvalue weighted by atomic mass is 35.5. The van der Waals surface area contributed by atoms with Crippen molar-refractivity contribution in [2.45, 2.75) is 13.1 Å². The summed E-state index contributed by atoms with van der Waals surface area (Å²) in [7, 11) is 3.92. The first-order chi connectivity index (χ1) is 12.8. The molecular formula is C20H24ClN3O3. The zero-order valence-corrected chi connectivity index (χ0v) is 16.2. The quantitative estimate of drug-likeness (QED) is 0.726. The van der Waals surface area contributed by atoms with Gasteiger partial charge < -0.3 is 20.2 Å². The van der Waals surface area contributed by atoms with Crippen molar-refractivity contribution in [3.63, 3.8) is 0 Å². The fourth-order valence-corrected chi connectivity index (χ4v) is 2.70. The smallest absolute Gasteiger partial charge is 0.335 e. The third-order valence-electron chi connectivity index (χ3n) is 4.01. The highest BCUT2D eigenvalue weighted by Gasteiger charge is 2.14. The number of carbonyl (C=O) groups excluding carboxylic acids is 1. The summed E-state index contributed by atoms with van der Waals surface area (Å²) in [5.41, 5.74) is 2.02. The maximum atomic E-state index is 12.7. The topological polar surface area (TPSA) is 72.9 Å². The summed E-state index contributed by atoms with van der Waals surface area (Å²) in [4.78, 5) is 27.3. The van der Waals surface area contributed by atoms with E-state index in [0.29, 0.717) is 24.7 Å². The van der Waals surface area contributed by atoms with Gasteiger partial charge in [0.05, 0.1) is 5.56 Å². The Kier molecular flexibility index (Phi) is 7.64. The molecule has 0 saturated carbocycles. The fourth-order valence-electron chi connectivity index (χ4n) is 2.48. The van der Waals surface area contributed by atoms with Gasteiger partial charge in [0.25, 0.3) is 0 Å². The van der Waals surface area contributed by atoms with Gasteiger partial charge in [-0.2, -0.15) is 0 Å². The number of urea groups is 1. The van der Waals surface area contributed by atoms with E-state index in [2.05, 4.69) is 5.32 Å². The molecule has 2 aromatic carbocycles. The number of nitrogens with one attached hydrogen (secondary N) is 1. The van der Waals surface area contributed by atoms with Gasteiger partial charge in [-0.1, -0.05) is 35.9 Å². The number of carbonyl (C=O) groups is 2. The minimum Gasteiger partial charge on any atom is -0.478 e. The van der Waals surface area contributed by atoms with E-state index in [1.807, 2.05) is 37.2 Å². The maximum absolute atomic E-state index is 12.7. The first-order valence-electron chi connectivity index (χ1n) is 8.59. The molecule has 7 heteroatoms. The summed E-state index contributed by atoms with van der Waals surface area (Å²) in [6.07, 6.45) is 0. The number of aromatic carboxylic acids is 1. The minimum atomic E-state index is -0.970. The van der Waals surface area contributed by atoms with Gasteiger partial charge in [-0.25, -0.2) is 9.59 Å². The highest BCUT2D eigenvalue weighted by molar-refractivity contribution is 6.30. The van der Waals surface area contributed by atoms with Gasteiger partial charge >= 0.3 is 12.0 Å². The molecule has 6 nitrogen and oxygen atoms in total. The van der Waals surface area contributed by atoms with Gasteiger partial charge in [-0.15, -0.1) is 0 Å². The molecule has 0 spiro atoms. The molecule has 0 aliphatic heterocycles. The van der Waals surface area contributed by atoms with E-state index in [9.17, 15) is 9.59 Å². The van der Waals surface area contributed by atoms with Crippen LogP contribution in [0.15, 0.2) is 48.5 Å². The monoisotopic (exact) mass is 389 g/mol. The van der Waals surface area contributed by atoms with Gasteiger partial charge in [0.1, 0.15) is 0 Å². The average molecular weight is 390 g/mol. The van der Waals surface area contributed by atoms with Crippen molar-refractivity contribution in [2.75, 3.05) is 27.2 Å². The summed E-state index contributed by atoms with van der Waals surface area (Å²) in [5.74, 6) is -0.970. The molecule has 0 saturated heterocycles. The molecule has 2 N–H and O–H groups in total. The number of rotatable bonds is 8. The third-order valence-corrected chi connectivity index (χ3v) is 4.25. The average Bonchev–Trinajstić information content (AvgIpc) is 2.63. The normalized spacial score (nSPS) is 10.7. The van der Waals surface area contributed by atoms with E-state index in [-0.39, 0.29) is 11.6 Å². The number of benzene rings is 2. The van der Waals surface area contributed by atoms with Crippen molar-refractivity contribution >= 4 is 23.6 Å². The number of amides is 2. The third kappa shape index (κ3) is 6.92. The number of hydrogen-bond acceptors (Lipinski definition) is 3. The molecule has 0 bridgehead atoms. The zero-order chi connectivity index (χ0) is 19.8. The maximum Gasteiger partial charge on any atom is 0.335 e. The van der Waals surface area contributed by atoms with Crippen molar-refractivity contribution in [3.8, 4) is 0 Å². The molecule has 0 aliphatic carbocycles. The summed E-state index contributed by atoms with van der Waals surface area (Å²) < 4.78 is 0. The van der Waals surface area contributed by atoms with Gasteiger partial charge in [0.2, 0.25) is 0 Å². The summed E-state index contributed by atoms with van der Waals surface area (Å²) in [5, 5.41) is 12.5. The van der Waals surface area contributed by atoms with Crippen LogP contribution in [0.3, 0.4) is 0 Å². The van der Waals surface area contributed by atoms with Crippen molar-refractivity contribution in [1.29, 1.82) is 0 Å². The molecule has 144 valence electrons. The molecule has 27 heavy (non-hydrogen) atoms.